The number of aromatic nitrogens is 1. The van der Waals surface area contributed by atoms with Gasteiger partial charge >= 0.3 is 0 Å². The van der Waals surface area contributed by atoms with E-state index < -0.39 is 0 Å². The topological polar surface area (TPSA) is 112 Å². The average Bonchev–Trinajstić information content (AvgIpc) is 3.67. The van der Waals surface area contributed by atoms with E-state index in [-0.39, 0.29) is 23.1 Å². The van der Waals surface area contributed by atoms with Crippen LogP contribution >= 0.6 is 11.3 Å². The van der Waals surface area contributed by atoms with Crippen molar-refractivity contribution in [2.24, 2.45) is 4.99 Å². The minimum absolute atomic E-state index is 0.0300. The van der Waals surface area contributed by atoms with Crippen molar-refractivity contribution in [3.63, 3.8) is 0 Å². The highest BCUT2D eigenvalue weighted by atomic mass is 32.1. The van der Waals surface area contributed by atoms with E-state index in [0.717, 1.165) is 32.5 Å². The predicted octanol–water partition coefficient (Wildman–Crippen LogP) is 1.88. The molecule has 1 aromatic carbocycles. The summed E-state index contributed by atoms with van der Waals surface area (Å²) >= 11 is 1.22. The maximum atomic E-state index is 13.0. The van der Waals surface area contributed by atoms with Crippen LogP contribution in [0.15, 0.2) is 34.1 Å². The minimum Gasteiger partial charge on any atom is -0.475 e. The summed E-state index contributed by atoms with van der Waals surface area (Å²) in [6.07, 6.45) is 5.91. The Morgan fingerprint density at radius 1 is 1.32 bits per heavy atom. The van der Waals surface area contributed by atoms with Crippen molar-refractivity contribution < 1.29 is 9.53 Å². The Kier molecular flexibility index (Phi) is 9.14. The Morgan fingerprint density at radius 2 is 2.14 bits per heavy atom. The Hall–Kier alpha value is -3.42. The number of ether oxygens (including phenoxy) is 1. The monoisotopic (exact) mass is 522 g/mol. The van der Waals surface area contributed by atoms with Crippen molar-refractivity contribution in [2.45, 2.75) is 52.1 Å². The summed E-state index contributed by atoms with van der Waals surface area (Å²) in [6, 6.07) is 9.39. The maximum absolute atomic E-state index is 13.0. The molecule has 196 valence electrons. The molecule has 2 aliphatic rings. The number of benzene rings is 1. The van der Waals surface area contributed by atoms with Gasteiger partial charge in [-0.2, -0.15) is 5.26 Å². The second kappa shape index (κ2) is 12.7. The van der Waals surface area contributed by atoms with Crippen LogP contribution in [0.1, 0.15) is 49.9 Å². The zero-order valence-corrected chi connectivity index (χ0v) is 22.3. The average molecular weight is 523 g/mol. The molecule has 1 fully saturated rings. The third-order valence-electron chi connectivity index (χ3n) is 6.58. The molecule has 1 amide bonds. The molecule has 4 rings (SSSR count). The van der Waals surface area contributed by atoms with Gasteiger partial charge in [0, 0.05) is 30.5 Å². The van der Waals surface area contributed by atoms with Gasteiger partial charge in [-0.1, -0.05) is 13.0 Å². The van der Waals surface area contributed by atoms with Crippen LogP contribution in [0.2, 0.25) is 0 Å². The van der Waals surface area contributed by atoms with Crippen LogP contribution < -0.4 is 25.4 Å². The lowest BCUT2D eigenvalue weighted by Crippen LogP contribution is -2.32. The van der Waals surface area contributed by atoms with E-state index in [1.165, 1.54) is 24.2 Å². The first-order valence-electron chi connectivity index (χ1n) is 13.0. The van der Waals surface area contributed by atoms with Gasteiger partial charge < -0.3 is 20.3 Å². The quantitative estimate of drug-likeness (QED) is 0.461. The normalized spacial score (nSPS) is 18.8. The van der Waals surface area contributed by atoms with Crippen molar-refractivity contribution in [3.8, 4) is 6.07 Å². The van der Waals surface area contributed by atoms with Crippen LogP contribution in [-0.4, -0.2) is 60.1 Å². The minimum atomic E-state index is -0.194. The summed E-state index contributed by atoms with van der Waals surface area (Å²) in [7, 11) is 0. The molecule has 2 N–H and O–H groups in total. The van der Waals surface area contributed by atoms with E-state index in [2.05, 4.69) is 26.6 Å². The molecule has 0 bridgehead atoms. The molecule has 10 heteroatoms. The second-order valence-electron chi connectivity index (χ2n) is 9.14. The number of anilines is 1. The maximum Gasteiger partial charge on any atom is 0.270 e. The molecule has 0 aliphatic carbocycles. The van der Waals surface area contributed by atoms with E-state index in [4.69, 9.17) is 4.74 Å². The number of amides is 1. The van der Waals surface area contributed by atoms with Crippen LogP contribution in [0.4, 0.5) is 5.69 Å². The number of nitrogens with zero attached hydrogens (tertiary/aromatic N) is 4. The SMILES string of the molecule is CC[C@H]1COC(C(C#N)=c2sc(=CNc3cccc(C(=O)NCCCN4CCCC4)c3)c(=O)n2CC)=N1. The van der Waals surface area contributed by atoms with E-state index in [9.17, 15) is 14.9 Å². The van der Waals surface area contributed by atoms with E-state index >= 15 is 0 Å². The van der Waals surface area contributed by atoms with Crippen molar-refractivity contribution in [2.75, 3.05) is 38.1 Å². The summed E-state index contributed by atoms with van der Waals surface area (Å²) in [6.45, 7) is 8.72. The first-order valence-corrected chi connectivity index (χ1v) is 13.8. The molecule has 2 aliphatic heterocycles. The van der Waals surface area contributed by atoms with Gasteiger partial charge in [-0.05, 0) is 70.4 Å². The second-order valence-corrected chi connectivity index (χ2v) is 10.2. The highest BCUT2D eigenvalue weighted by molar-refractivity contribution is 7.07. The highest BCUT2D eigenvalue weighted by Crippen LogP contribution is 2.14. The summed E-state index contributed by atoms with van der Waals surface area (Å²) in [5.74, 6) is 0.184. The number of carbonyl (C=O) groups is 1. The molecule has 1 saturated heterocycles. The standard InChI is InChI=1S/C27H34N6O3S/c1-3-20-18-36-25(31-20)22(16-28)27-33(4-2)26(35)23(37-27)17-30-21-10-7-9-19(15-21)24(34)29-11-8-14-32-12-5-6-13-32/h7,9-10,15,17,20,30H,3-6,8,11-14,18H2,1-2H3,(H,29,34)/t20-/m0/s1. The fraction of sp³-hybridized carbons (Fsp3) is 0.481. The molecule has 1 atom stereocenters. The van der Waals surface area contributed by atoms with Gasteiger partial charge in [-0.3, -0.25) is 14.2 Å². The molecule has 0 unspecified atom stereocenters. The number of aliphatic imine (C=N–C) groups is 1. The lowest BCUT2D eigenvalue weighted by atomic mass is 10.2. The molecule has 3 heterocycles. The van der Waals surface area contributed by atoms with Crippen molar-refractivity contribution in [1.82, 2.24) is 14.8 Å². The van der Waals surface area contributed by atoms with E-state index in [1.807, 2.05) is 19.9 Å². The van der Waals surface area contributed by atoms with Gasteiger partial charge in [0.1, 0.15) is 27.4 Å². The zero-order valence-electron chi connectivity index (χ0n) is 21.5. The smallest absolute Gasteiger partial charge is 0.270 e. The Morgan fingerprint density at radius 3 is 2.84 bits per heavy atom. The number of nitriles is 1. The van der Waals surface area contributed by atoms with Crippen LogP contribution in [-0.2, 0) is 11.3 Å². The molecule has 9 nitrogen and oxygen atoms in total. The number of nitrogens with one attached hydrogen (secondary N) is 2. The van der Waals surface area contributed by atoms with E-state index in [1.54, 1.807) is 29.0 Å². The third-order valence-corrected chi connectivity index (χ3v) is 7.71. The van der Waals surface area contributed by atoms with Crippen molar-refractivity contribution >= 4 is 40.6 Å². The fourth-order valence-electron chi connectivity index (χ4n) is 4.45. The summed E-state index contributed by atoms with van der Waals surface area (Å²) in [5, 5.41) is 16.0. The first-order chi connectivity index (χ1) is 18.0. The Balaban J connectivity index is 1.49. The van der Waals surface area contributed by atoms with Crippen LogP contribution in [0.25, 0.3) is 11.8 Å². The summed E-state index contributed by atoms with van der Waals surface area (Å²) < 4.78 is 8.20. The Bertz CT molecular complexity index is 1360. The lowest BCUT2D eigenvalue weighted by molar-refractivity contribution is 0.0952. The van der Waals surface area contributed by atoms with Crippen LogP contribution in [0, 0.1) is 11.3 Å². The Labute approximate surface area is 220 Å². The van der Waals surface area contributed by atoms with Gasteiger partial charge in [0.2, 0.25) is 5.90 Å². The number of thiazole rings is 1. The molecule has 37 heavy (non-hydrogen) atoms. The van der Waals surface area contributed by atoms with Crippen molar-refractivity contribution in [3.05, 3.63) is 49.4 Å². The molecular formula is C27H34N6O3S. The molecule has 0 radical (unpaired) electrons. The van der Waals surface area contributed by atoms with Gasteiger partial charge in [-0.25, -0.2) is 4.99 Å². The molecule has 2 aromatic rings. The molecule has 1 aromatic heterocycles. The number of hydrogen-bond acceptors (Lipinski definition) is 8. The number of hydrogen-bond donors (Lipinski definition) is 2. The summed E-state index contributed by atoms with van der Waals surface area (Å²) in [4.78, 5) is 32.6. The fourth-order valence-corrected chi connectivity index (χ4v) is 5.53. The van der Waals surface area contributed by atoms with Crippen LogP contribution in [0.3, 0.4) is 0 Å². The number of carbonyl (C=O) groups excluding carboxylic acids is 1. The van der Waals surface area contributed by atoms with Gasteiger partial charge in [0.05, 0.1) is 6.04 Å². The highest BCUT2D eigenvalue weighted by Gasteiger charge is 2.23. The number of rotatable bonds is 10. The van der Waals surface area contributed by atoms with Gasteiger partial charge in [0.15, 0.2) is 0 Å². The predicted molar refractivity (Wildman–Crippen MR) is 147 cm³/mol. The largest absolute Gasteiger partial charge is 0.475 e. The van der Waals surface area contributed by atoms with Gasteiger partial charge in [-0.15, -0.1) is 11.3 Å². The molecule has 0 spiro atoms. The zero-order chi connectivity index (χ0) is 26.2. The summed E-state index contributed by atoms with van der Waals surface area (Å²) in [5.41, 5.74) is 1.34. The van der Waals surface area contributed by atoms with Crippen LogP contribution in [0.5, 0.6) is 0 Å². The third kappa shape index (κ3) is 6.48. The molecule has 0 saturated carbocycles. The lowest BCUT2D eigenvalue weighted by Gasteiger charge is -2.14. The van der Waals surface area contributed by atoms with Crippen molar-refractivity contribution in [1.29, 1.82) is 5.26 Å². The first kappa shape index (κ1) is 26.6. The molecular weight excluding hydrogens is 488 g/mol. The van der Waals surface area contributed by atoms with E-state index in [0.29, 0.717) is 46.0 Å². The number of likely N-dealkylation sites (tertiary alicyclic amines) is 1. The van der Waals surface area contributed by atoms with Gasteiger partial charge in [0.25, 0.3) is 11.5 Å².